The minimum atomic E-state index is -0.359. The molecule has 1 N–H and O–H groups in total. The van der Waals surface area contributed by atoms with E-state index in [1.807, 2.05) is 32.1 Å². The predicted octanol–water partition coefficient (Wildman–Crippen LogP) is 3.20. The highest BCUT2D eigenvalue weighted by Crippen LogP contribution is 2.04. The lowest BCUT2D eigenvalue weighted by Gasteiger charge is -2.05. The Labute approximate surface area is 97.9 Å². The summed E-state index contributed by atoms with van der Waals surface area (Å²) in [6.45, 7) is 10.5. The van der Waals surface area contributed by atoms with Crippen LogP contribution in [0.4, 0.5) is 4.79 Å². The number of carbonyl (C=O) groups excluding carboxylic acids is 1. The van der Waals surface area contributed by atoms with Crippen LogP contribution in [0.3, 0.4) is 0 Å². The van der Waals surface area contributed by atoms with Crippen molar-refractivity contribution in [1.82, 2.24) is 5.32 Å². The van der Waals surface area contributed by atoms with Crippen molar-refractivity contribution >= 4 is 6.09 Å². The van der Waals surface area contributed by atoms with E-state index in [-0.39, 0.29) is 6.09 Å². The average molecular weight is 223 g/mol. The minimum Gasteiger partial charge on any atom is -0.450 e. The average Bonchev–Trinajstić information content (AvgIpc) is 2.23. The zero-order chi connectivity index (χ0) is 12.4. The van der Waals surface area contributed by atoms with Gasteiger partial charge in [0.2, 0.25) is 0 Å². The van der Waals surface area contributed by atoms with E-state index < -0.39 is 0 Å². The topological polar surface area (TPSA) is 38.3 Å². The van der Waals surface area contributed by atoms with Crippen LogP contribution < -0.4 is 5.32 Å². The van der Waals surface area contributed by atoms with Gasteiger partial charge in [-0.05, 0) is 27.2 Å². The van der Waals surface area contributed by atoms with Crippen LogP contribution in [0.5, 0.6) is 0 Å². The van der Waals surface area contributed by atoms with Crippen molar-refractivity contribution in [2.75, 3.05) is 13.2 Å². The lowest BCUT2D eigenvalue weighted by molar-refractivity contribution is 0.152. The molecule has 0 aromatic heterocycles. The zero-order valence-electron chi connectivity index (χ0n) is 10.4. The van der Waals surface area contributed by atoms with E-state index in [0.29, 0.717) is 13.2 Å². The number of ether oxygens (including phenoxy) is 1. The van der Waals surface area contributed by atoms with E-state index >= 15 is 0 Å². The van der Waals surface area contributed by atoms with Crippen LogP contribution in [-0.4, -0.2) is 19.2 Å². The van der Waals surface area contributed by atoms with Crippen molar-refractivity contribution in [2.24, 2.45) is 0 Å². The van der Waals surface area contributed by atoms with Gasteiger partial charge in [0.05, 0.1) is 6.61 Å². The third-order valence-corrected chi connectivity index (χ3v) is 1.91. The Kier molecular flexibility index (Phi) is 7.94. The molecule has 16 heavy (non-hydrogen) atoms. The van der Waals surface area contributed by atoms with Crippen LogP contribution in [0.25, 0.3) is 0 Å². The first-order chi connectivity index (χ1) is 7.60. The molecule has 0 saturated heterocycles. The van der Waals surface area contributed by atoms with Gasteiger partial charge in [-0.15, -0.1) is 0 Å². The number of amides is 1. The number of alkyl carbamates (subject to hydrolysis) is 1. The molecule has 0 bridgehead atoms. The molecule has 0 saturated carbocycles. The lowest BCUT2D eigenvalue weighted by atomic mass is 10.1. The monoisotopic (exact) mass is 223 g/mol. The van der Waals surface area contributed by atoms with Crippen molar-refractivity contribution in [1.29, 1.82) is 0 Å². The molecule has 0 aliphatic heterocycles. The quantitative estimate of drug-likeness (QED) is 0.702. The Morgan fingerprint density at radius 3 is 2.62 bits per heavy atom. The fourth-order valence-corrected chi connectivity index (χ4v) is 1.06. The second-order valence-corrected chi connectivity index (χ2v) is 3.44. The molecule has 0 aromatic carbocycles. The van der Waals surface area contributed by atoms with Crippen molar-refractivity contribution in [3.63, 3.8) is 0 Å². The molecule has 90 valence electrons. The smallest absolute Gasteiger partial charge is 0.407 e. The van der Waals surface area contributed by atoms with E-state index in [1.165, 1.54) is 5.57 Å². The third kappa shape index (κ3) is 7.85. The number of carbonyl (C=O) groups is 1. The molecule has 0 aliphatic carbocycles. The summed E-state index contributed by atoms with van der Waals surface area (Å²) in [5, 5.41) is 2.68. The van der Waals surface area contributed by atoms with Gasteiger partial charge in [-0.2, -0.15) is 0 Å². The molecule has 1 amide bonds. The Balaban J connectivity index is 3.89. The molecule has 3 nitrogen and oxygen atoms in total. The first-order valence-corrected chi connectivity index (χ1v) is 5.49. The maximum Gasteiger partial charge on any atom is 0.407 e. The SMILES string of the molecule is C=C(C)/C=C\C(=C/C)CCNC(=O)OCC. The van der Waals surface area contributed by atoms with Gasteiger partial charge in [0, 0.05) is 6.54 Å². The maximum atomic E-state index is 11.0. The molecule has 0 unspecified atom stereocenters. The number of allylic oxidation sites excluding steroid dienone is 4. The van der Waals surface area contributed by atoms with Crippen LogP contribution in [-0.2, 0) is 4.74 Å². The summed E-state index contributed by atoms with van der Waals surface area (Å²) in [5.74, 6) is 0. The maximum absolute atomic E-state index is 11.0. The van der Waals surface area contributed by atoms with E-state index in [4.69, 9.17) is 4.74 Å². The summed E-state index contributed by atoms with van der Waals surface area (Å²) in [6.07, 6.45) is 6.42. The molecule has 3 heteroatoms. The Bertz CT molecular complexity index is 290. The van der Waals surface area contributed by atoms with Crippen molar-refractivity contribution in [3.8, 4) is 0 Å². The highest BCUT2D eigenvalue weighted by atomic mass is 16.5. The second-order valence-electron chi connectivity index (χ2n) is 3.44. The lowest BCUT2D eigenvalue weighted by Crippen LogP contribution is -2.25. The molecule has 0 aromatic rings. The standard InChI is InChI=1S/C13H21NO2/c1-5-12(8-7-11(3)4)9-10-14-13(15)16-6-2/h5,7-8H,3,6,9-10H2,1-2,4H3,(H,14,15)/b8-7-,12-5+. The Morgan fingerprint density at radius 1 is 1.44 bits per heavy atom. The van der Waals surface area contributed by atoms with Crippen molar-refractivity contribution in [3.05, 3.63) is 36.0 Å². The first-order valence-electron chi connectivity index (χ1n) is 5.49. The van der Waals surface area contributed by atoms with Crippen LogP contribution in [0.2, 0.25) is 0 Å². The van der Waals surface area contributed by atoms with Gasteiger partial charge < -0.3 is 10.1 Å². The van der Waals surface area contributed by atoms with Crippen LogP contribution >= 0.6 is 0 Å². The molecule has 0 aliphatic rings. The summed E-state index contributed by atoms with van der Waals surface area (Å²) in [4.78, 5) is 11.0. The van der Waals surface area contributed by atoms with Crippen LogP contribution in [0.1, 0.15) is 27.2 Å². The van der Waals surface area contributed by atoms with Crippen molar-refractivity contribution < 1.29 is 9.53 Å². The highest BCUT2D eigenvalue weighted by Gasteiger charge is 1.98. The molecule has 0 radical (unpaired) electrons. The van der Waals surface area contributed by atoms with Crippen LogP contribution in [0, 0.1) is 0 Å². The predicted molar refractivity (Wildman–Crippen MR) is 67.4 cm³/mol. The Hall–Kier alpha value is -1.51. The molecular weight excluding hydrogens is 202 g/mol. The normalized spacial score (nSPS) is 11.6. The highest BCUT2D eigenvalue weighted by molar-refractivity contribution is 5.67. The fourth-order valence-electron chi connectivity index (χ4n) is 1.06. The van der Waals surface area contributed by atoms with E-state index in [9.17, 15) is 4.79 Å². The number of hydrogen-bond acceptors (Lipinski definition) is 2. The minimum absolute atomic E-state index is 0.359. The molecule has 0 rings (SSSR count). The second kappa shape index (κ2) is 8.77. The summed E-state index contributed by atoms with van der Waals surface area (Å²) < 4.78 is 4.75. The third-order valence-electron chi connectivity index (χ3n) is 1.91. The molecule has 0 atom stereocenters. The molecular formula is C13H21NO2. The van der Waals surface area contributed by atoms with Crippen LogP contribution in [0.15, 0.2) is 36.0 Å². The Morgan fingerprint density at radius 2 is 2.12 bits per heavy atom. The number of rotatable bonds is 6. The summed E-state index contributed by atoms with van der Waals surface area (Å²) >= 11 is 0. The summed E-state index contributed by atoms with van der Waals surface area (Å²) in [6, 6.07) is 0. The van der Waals surface area contributed by atoms with Gasteiger partial charge in [-0.25, -0.2) is 4.79 Å². The fraction of sp³-hybridized carbons (Fsp3) is 0.462. The number of nitrogens with one attached hydrogen (secondary N) is 1. The van der Waals surface area contributed by atoms with Gasteiger partial charge in [-0.3, -0.25) is 0 Å². The van der Waals surface area contributed by atoms with Gasteiger partial charge >= 0.3 is 6.09 Å². The van der Waals surface area contributed by atoms with E-state index in [0.717, 1.165) is 12.0 Å². The van der Waals surface area contributed by atoms with Crippen molar-refractivity contribution in [2.45, 2.75) is 27.2 Å². The zero-order valence-corrected chi connectivity index (χ0v) is 10.4. The molecule has 0 heterocycles. The van der Waals surface area contributed by atoms with Gasteiger partial charge in [0.15, 0.2) is 0 Å². The summed E-state index contributed by atoms with van der Waals surface area (Å²) in [5.41, 5.74) is 2.18. The largest absolute Gasteiger partial charge is 0.450 e. The first kappa shape index (κ1) is 14.5. The number of hydrogen-bond donors (Lipinski definition) is 1. The molecule has 0 spiro atoms. The molecule has 0 fully saturated rings. The van der Waals surface area contributed by atoms with Gasteiger partial charge in [0.25, 0.3) is 0 Å². The van der Waals surface area contributed by atoms with E-state index in [2.05, 4.69) is 11.9 Å². The van der Waals surface area contributed by atoms with Gasteiger partial charge in [-0.1, -0.05) is 36.0 Å². The van der Waals surface area contributed by atoms with Gasteiger partial charge in [0.1, 0.15) is 0 Å². The summed E-state index contributed by atoms with van der Waals surface area (Å²) in [7, 11) is 0. The van der Waals surface area contributed by atoms with E-state index in [1.54, 1.807) is 6.92 Å².